The van der Waals surface area contributed by atoms with Crippen LogP contribution >= 0.6 is 15.9 Å². The van der Waals surface area contributed by atoms with Gasteiger partial charge in [0, 0.05) is 16.7 Å². The van der Waals surface area contributed by atoms with Crippen molar-refractivity contribution >= 4 is 21.9 Å². The molecule has 0 saturated carbocycles. The first-order valence-electron chi connectivity index (χ1n) is 5.19. The minimum atomic E-state index is -1.04. The van der Waals surface area contributed by atoms with Crippen molar-refractivity contribution in [1.29, 1.82) is 0 Å². The number of nitrogens with zero attached hydrogens (tertiary/aromatic N) is 1. The maximum atomic E-state index is 11.1. The molecular weight excluding hydrogens is 298 g/mol. The molecule has 0 atom stereocenters. The average Bonchev–Trinajstić information content (AvgIpc) is 2.28. The molecule has 0 saturated heterocycles. The summed E-state index contributed by atoms with van der Waals surface area (Å²) in [5, 5.41) is 9.07. The molecule has 1 aromatic heterocycles. The van der Waals surface area contributed by atoms with Crippen molar-refractivity contribution in [3.63, 3.8) is 0 Å². The Labute approximate surface area is 112 Å². The Morgan fingerprint density at radius 2 is 2.11 bits per heavy atom. The number of rotatable bonds is 3. The van der Waals surface area contributed by atoms with Crippen LogP contribution in [0.5, 0.6) is 11.6 Å². The first kappa shape index (κ1) is 12.6. The van der Waals surface area contributed by atoms with Gasteiger partial charge in [-0.15, -0.1) is 0 Å². The molecule has 0 aliphatic rings. The predicted molar refractivity (Wildman–Crippen MR) is 70.1 cm³/mol. The molecule has 2 aromatic rings. The van der Waals surface area contributed by atoms with Gasteiger partial charge < -0.3 is 9.84 Å². The normalized spacial score (nSPS) is 10.1. The number of aromatic carboxylic acids is 1. The van der Waals surface area contributed by atoms with Gasteiger partial charge in [-0.2, -0.15) is 0 Å². The Hall–Kier alpha value is -1.88. The van der Waals surface area contributed by atoms with Gasteiger partial charge in [0.15, 0.2) is 0 Å². The molecule has 2 rings (SSSR count). The van der Waals surface area contributed by atoms with Gasteiger partial charge in [-0.05, 0) is 36.8 Å². The van der Waals surface area contributed by atoms with E-state index >= 15 is 0 Å². The Morgan fingerprint density at radius 1 is 1.33 bits per heavy atom. The summed E-state index contributed by atoms with van der Waals surface area (Å²) in [6, 6.07) is 8.32. The van der Waals surface area contributed by atoms with E-state index < -0.39 is 5.97 Å². The molecule has 92 valence electrons. The van der Waals surface area contributed by atoms with Gasteiger partial charge in [0.1, 0.15) is 11.3 Å². The summed E-state index contributed by atoms with van der Waals surface area (Å²) in [4.78, 5) is 15.1. The summed E-state index contributed by atoms with van der Waals surface area (Å²) < 4.78 is 6.26. The van der Waals surface area contributed by atoms with Crippen molar-refractivity contribution in [3.8, 4) is 11.6 Å². The van der Waals surface area contributed by atoms with Gasteiger partial charge in [0.25, 0.3) is 0 Å². The van der Waals surface area contributed by atoms with Crippen LogP contribution in [0.1, 0.15) is 15.9 Å². The number of pyridine rings is 1. The molecule has 0 aliphatic carbocycles. The summed E-state index contributed by atoms with van der Waals surface area (Å²) >= 11 is 3.28. The lowest BCUT2D eigenvalue weighted by Crippen LogP contribution is -2.00. The monoisotopic (exact) mass is 307 g/mol. The highest BCUT2D eigenvalue weighted by atomic mass is 79.9. The third kappa shape index (κ3) is 2.87. The number of hydrogen-bond acceptors (Lipinski definition) is 3. The SMILES string of the molecule is Cc1ccnc(Oc2cc(Br)ccc2C(=O)O)c1. The van der Waals surface area contributed by atoms with Crippen molar-refractivity contribution in [3.05, 3.63) is 52.1 Å². The molecule has 0 fully saturated rings. The maximum Gasteiger partial charge on any atom is 0.339 e. The van der Waals surface area contributed by atoms with Gasteiger partial charge in [0.2, 0.25) is 5.88 Å². The number of ether oxygens (including phenoxy) is 1. The topological polar surface area (TPSA) is 59.4 Å². The maximum absolute atomic E-state index is 11.1. The first-order chi connectivity index (χ1) is 8.56. The number of carbonyl (C=O) groups is 1. The molecule has 0 spiro atoms. The molecule has 18 heavy (non-hydrogen) atoms. The molecule has 0 bridgehead atoms. The summed E-state index contributed by atoms with van der Waals surface area (Å²) in [6.07, 6.45) is 1.61. The molecule has 1 aromatic carbocycles. The Bertz CT molecular complexity index is 599. The lowest BCUT2D eigenvalue weighted by molar-refractivity contribution is 0.0694. The quantitative estimate of drug-likeness (QED) is 0.940. The van der Waals surface area contributed by atoms with Crippen molar-refractivity contribution < 1.29 is 14.6 Å². The zero-order chi connectivity index (χ0) is 13.1. The van der Waals surface area contributed by atoms with E-state index in [0.717, 1.165) is 10.0 Å². The van der Waals surface area contributed by atoms with E-state index in [-0.39, 0.29) is 11.3 Å². The minimum Gasteiger partial charge on any atom is -0.478 e. The predicted octanol–water partition coefficient (Wildman–Crippen LogP) is 3.64. The molecule has 4 nitrogen and oxygen atoms in total. The molecule has 0 amide bonds. The van der Waals surface area contributed by atoms with Crippen LogP contribution in [0.2, 0.25) is 0 Å². The first-order valence-corrected chi connectivity index (χ1v) is 5.99. The average molecular weight is 308 g/mol. The number of carboxylic acid groups (broad SMARTS) is 1. The van der Waals surface area contributed by atoms with Crippen LogP contribution < -0.4 is 4.74 Å². The Balaban J connectivity index is 2.39. The van der Waals surface area contributed by atoms with E-state index in [9.17, 15) is 4.79 Å². The van der Waals surface area contributed by atoms with Crippen LogP contribution in [0.15, 0.2) is 41.0 Å². The highest BCUT2D eigenvalue weighted by molar-refractivity contribution is 9.10. The van der Waals surface area contributed by atoms with Crippen molar-refractivity contribution in [1.82, 2.24) is 4.98 Å². The zero-order valence-electron chi connectivity index (χ0n) is 9.55. The van der Waals surface area contributed by atoms with Crippen LogP contribution in [-0.4, -0.2) is 16.1 Å². The second-order valence-electron chi connectivity index (χ2n) is 3.72. The van der Waals surface area contributed by atoms with E-state index in [1.165, 1.54) is 6.07 Å². The van der Waals surface area contributed by atoms with E-state index in [1.54, 1.807) is 24.4 Å². The van der Waals surface area contributed by atoms with Crippen molar-refractivity contribution in [2.45, 2.75) is 6.92 Å². The van der Waals surface area contributed by atoms with E-state index in [1.807, 2.05) is 13.0 Å². The second-order valence-corrected chi connectivity index (χ2v) is 4.63. The second kappa shape index (κ2) is 5.18. The molecule has 0 unspecified atom stereocenters. The van der Waals surface area contributed by atoms with Crippen molar-refractivity contribution in [2.24, 2.45) is 0 Å². The van der Waals surface area contributed by atoms with E-state index in [4.69, 9.17) is 9.84 Å². The Morgan fingerprint density at radius 3 is 2.78 bits per heavy atom. The fraction of sp³-hybridized carbons (Fsp3) is 0.0769. The van der Waals surface area contributed by atoms with Crippen LogP contribution in [-0.2, 0) is 0 Å². The Kier molecular flexibility index (Phi) is 3.62. The highest BCUT2D eigenvalue weighted by Crippen LogP contribution is 2.28. The van der Waals surface area contributed by atoms with Crippen molar-refractivity contribution in [2.75, 3.05) is 0 Å². The third-order valence-electron chi connectivity index (χ3n) is 2.28. The molecule has 5 heteroatoms. The van der Waals surface area contributed by atoms with Gasteiger partial charge in [-0.1, -0.05) is 15.9 Å². The standard InChI is InChI=1S/C13H10BrNO3/c1-8-4-5-15-12(6-8)18-11-7-9(14)2-3-10(11)13(16)17/h2-7H,1H3,(H,16,17). The number of aromatic nitrogens is 1. The third-order valence-corrected chi connectivity index (χ3v) is 2.77. The number of carboxylic acids is 1. The minimum absolute atomic E-state index is 0.0986. The number of hydrogen-bond donors (Lipinski definition) is 1. The molecular formula is C13H10BrNO3. The van der Waals surface area contributed by atoms with Gasteiger partial charge >= 0.3 is 5.97 Å². The molecule has 0 aliphatic heterocycles. The fourth-order valence-electron chi connectivity index (χ4n) is 1.43. The van der Waals surface area contributed by atoms with Gasteiger partial charge in [-0.3, -0.25) is 0 Å². The fourth-order valence-corrected chi connectivity index (χ4v) is 1.77. The highest BCUT2D eigenvalue weighted by Gasteiger charge is 2.12. The molecule has 0 radical (unpaired) electrons. The molecule has 1 N–H and O–H groups in total. The van der Waals surface area contributed by atoms with E-state index in [0.29, 0.717) is 5.88 Å². The van der Waals surface area contributed by atoms with Gasteiger partial charge in [-0.25, -0.2) is 9.78 Å². The summed E-state index contributed by atoms with van der Waals surface area (Å²) in [5.74, 6) is -0.407. The van der Waals surface area contributed by atoms with Crippen LogP contribution in [0.3, 0.4) is 0 Å². The number of halogens is 1. The summed E-state index contributed by atoms with van der Waals surface area (Å²) in [5.41, 5.74) is 1.09. The largest absolute Gasteiger partial charge is 0.478 e. The van der Waals surface area contributed by atoms with Crippen LogP contribution in [0.25, 0.3) is 0 Å². The van der Waals surface area contributed by atoms with Gasteiger partial charge in [0.05, 0.1) is 0 Å². The zero-order valence-corrected chi connectivity index (χ0v) is 11.1. The van der Waals surface area contributed by atoms with Crippen LogP contribution in [0, 0.1) is 6.92 Å². The lowest BCUT2D eigenvalue weighted by Gasteiger charge is -2.08. The number of aryl methyl sites for hydroxylation is 1. The smallest absolute Gasteiger partial charge is 0.339 e. The van der Waals surface area contributed by atoms with E-state index in [2.05, 4.69) is 20.9 Å². The summed E-state index contributed by atoms with van der Waals surface area (Å²) in [7, 11) is 0. The lowest BCUT2D eigenvalue weighted by atomic mass is 10.2. The molecule has 1 heterocycles. The summed E-state index contributed by atoms with van der Waals surface area (Å²) in [6.45, 7) is 1.91. The van der Waals surface area contributed by atoms with Crippen LogP contribution in [0.4, 0.5) is 0 Å². The number of benzene rings is 1.